The van der Waals surface area contributed by atoms with Gasteiger partial charge in [0.15, 0.2) is 5.16 Å². The number of aryl methyl sites for hydroxylation is 1. The number of rotatable bonds is 7. The predicted molar refractivity (Wildman–Crippen MR) is 91.8 cm³/mol. The van der Waals surface area contributed by atoms with Crippen molar-refractivity contribution in [2.75, 3.05) is 11.1 Å². The minimum atomic E-state index is -4.67. The van der Waals surface area contributed by atoms with Crippen molar-refractivity contribution in [3.63, 3.8) is 0 Å². The Kier molecular flexibility index (Phi) is 7.02. The molecule has 0 saturated carbocycles. The second-order valence-electron chi connectivity index (χ2n) is 5.31. The Hall–Kier alpha value is -2.60. The van der Waals surface area contributed by atoms with Crippen molar-refractivity contribution >= 4 is 40.9 Å². The molecular formula is C15H11ClF3N4O4S-. The molecule has 1 heterocycles. The summed E-state index contributed by atoms with van der Waals surface area (Å²) in [5, 5.41) is 19.4. The van der Waals surface area contributed by atoms with Crippen LogP contribution < -0.4 is 16.0 Å². The molecule has 0 atom stereocenters. The number of thioether (sulfide) groups is 1. The monoisotopic (exact) mass is 435 g/mol. The molecule has 0 aliphatic carbocycles. The minimum absolute atomic E-state index is 0.00978. The molecule has 1 aromatic heterocycles. The fourth-order valence-corrected chi connectivity index (χ4v) is 2.77. The second kappa shape index (κ2) is 9.06. The SMILES string of the molecule is O=C([O-])CCc1nnc(SCC(=O)Nc2ccc(Cl)c(C(F)(F)F)c2)[nH]c1=O. The van der Waals surface area contributed by atoms with E-state index in [1.54, 1.807) is 0 Å². The van der Waals surface area contributed by atoms with E-state index in [0.717, 1.165) is 17.8 Å². The number of benzene rings is 1. The van der Waals surface area contributed by atoms with Gasteiger partial charge in [-0.25, -0.2) is 0 Å². The van der Waals surface area contributed by atoms with Crippen LogP contribution in [0.25, 0.3) is 0 Å². The van der Waals surface area contributed by atoms with Crippen molar-refractivity contribution < 1.29 is 27.9 Å². The molecule has 0 fully saturated rings. The van der Waals surface area contributed by atoms with Crippen molar-refractivity contribution in [2.45, 2.75) is 24.2 Å². The molecule has 0 unspecified atom stereocenters. The van der Waals surface area contributed by atoms with Crippen LogP contribution in [0.15, 0.2) is 28.2 Å². The maximum Gasteiger partial charge on any atom is 0.417 e. The van der Waals surface area contributed by atoms with Gasteiger partial charge < -0.3 is 15.2 Å². The lowest BCUT2D eigenvalue weighted by Crippen LogP contribution is -2.25. The number of hydrogen-bond donors (Lipinski definition) is 2. The lowest BCUT2D eigenvalue weighted by atomic mass is 10.2. The molecule has 8 nitrogen and oxygen atoms in total. The van der Waals surface area contributed by atoms with Crippen LogP contribution in [0.2, 0.25) is 5.02 Å². The standard InChI is InChI=1S/C15H12ClF3N4O4S/c16-9-2-1-7(5-8(9)15(17,18)19)20-11(24)6-28-14-21-13(27)10(22-23-14)3-4-12(25)26/h1-2,5H,3-4,6H2,(H,20,24)(H,25,26)(H,21,23,27)/p-1. The number of H-pyrrole nitrogens is 1. The molecule has 0 aliphatic rings. The number of carboxylic acids is 1. The average Bonchev–Trinajstić information content (AvgIpc) is 2.59. The zero-order valence-corrected chi connectivity index (χ0v) is 15.4. The Balaban J connectivity index is 1.97. The number of carbonyl (C=O) groups excluding carboxylic acids is 2. The van der Waals surface area contributed by atoms with Gasteiger partial charge in [-0.15, -0.1) is 10.2 Å². The first-order valence-corrected chi connectivity index (χ1v) is 8.87. The maximum atomic E-state index is 12.8. The number of halogens is 4. The number of nitrogens with one attached hydrogen (secondary N) is 2. The fourth-order valence-electron chi connectivity index (χ4n) is 1.95. The Labute approximate surface area is 164 Å². The lowest BCUT2D eigenvalue weighted by molar-refractivity contribution is -0.305. The van der Waals surface area contributed by atoms with E-state index in [1.165, 1.54) is 6.07 Å². The zero-order chi connectivity index (χ0) is 20.9. The Bertz CT molecular complexity index is 952. The topological polar surface area (TPSA) is 128 Å². The summed E-state index contributed by atoms with van der Waals surface area (Å²) in [5.41, 5.74) is -1.94. The van der Waals surface area contributed by atoms with Crippen LogP contribution in [0.4, 0.5) is 18.9 Å². The van der Waals surface area contributed by atoms with Crippen LogP contribution in [0.5, 0.6) is 0 Å². The van der Waals surface area contributed by atoms with Gasteiger partial charge in [0.2, 0.25) is 5.91 Å². The minimum Gasteiger partial charge on any atom is -0.550 e. The van der Waals surface area contributed by atoms with Gasteiger partial charge in [0.1, 0.15) is 5.69 Å². The highest BCUT2D eigenvalue weighted by molar-refractivity contribution is 7.99. The van der Waals surface area contributed by atoms with Crippen molar-refractivity contribution in [1.29, 1.82) is 0 Å². The van der Waals surface area contributed by atoms with Gasteiger partial charge in [-0.05, 0) is 24.6 Å². The number of amides is 1. The highest BCUT2D eigenvalue weighted by atomic mass is 35.5. The summed E-state index contributed by atoms with van der Waals surface area (Å²) in [6, 6.07) is 2.94. The Morgan fingerprint density at radius 2 is 2.00 bits per heavy atom. The Morgan fingerprint density at radius 1 is 1.29 bits per heavy atom. The van der Waals surface area contributed by atoms with Crippen LogP contribution in [0.3, 0.4) is 0 Å². The number of carboxylic acid groups (broad SMARTS) is 1. The molecular weight excluding hydrogens is 425 g/mol. The largest absolute Gasteiger partial charge is 0.550 e. The first-order valence-electron chi connectivity index (χ1n) is 7.51. The molecule has 0 spiro atoms. The number of aromatic amines is 1. The molecule has 13 heteroatoms. The number of aliphatic carboxylic acids is 1. The van der Waals surface area contributed by atoms with Gasteiger partial charge in [-0.1, -0.05) is 23.4 Å². The van der Waals surface area contributed by atoms with Crippen molar-refractivity contribution in [3.8, 4) is 0 Å². The quantitative estimate of drug-likeness (QED) is 0.626. The van der Waals surface area contributed by atoms with Crippen molar-refractivity contribution in [1.82, 2.24) is 15.2 Å². The number of aromatic nitrogens is 3. The predicted octanol–water partition coefficient (Wildman–Crippen LogP) is 1.25. The van der Waals surface area contributed by atoms with E-state index in [-0.39, 0.29) is 28.7 Å². The van der Waals surface area contributed by atoms with E-state index in [9.17, 15) is 32.7 Å². The first-order chi connectivity index (χ1) is 13.1. The van der Waals surface area contributed by atoms with Gasteiger partial charge in [0, 0.05) is 18.1 Å². The second-order valence-corrected chi connectivity index (χ2v) is 6.68. The summed E-state index contributed by atoms with van der Waals surface area (Å²) in [6.07, 6.45) is -5.22. The van der Waals surface area contributed by atoms with E-state index in [4.69, 9.17) is 11.6 Å². The third-order valence-corrected chi connectivity index (χ3v) is 4.40. The van der Waals surface area contributed by atoms with Gasteiger partial charge in [0.25, 0.3) is 5.56 Å². The summed E-state index contributed by atoms with van der Waals surface area (Å²) >= 11 is 6.29. The number of anilines is 1. The molecule has 0 radical (unpaired) electrons. The van der Waals surface area contributed by atoms with Gasteiger partial charge >= 0.3 is 6.18 Å². The lowest BCUT2D eigenvalue weighted by Gasteiger charge is -2.11. The molecule has 0 aliphatic heterocycles. The van der Waals surface area contributed by atoms with E-state index in [0.29, 0.717) is 6.07 Å². The molecule has 2 aromatic rings. The van der Waals surface area contributed by atoms with Crippen LogP contribution in [0, 0.1) is 0 Å². The third kappa shape index (κ3) is 6.23. The average molecular weight is 436 g/mol. The zero-order valence-electron chi connectivity index (χ0n) is 13.8. The van der Waals surface area contributed by atoms with Crippen molar-refractivity contribution in [2.24, 2.45) is 0 Å². The van der Waals surface area contributed by atoms with Gasteiger partial charge in [-0.3, -0.25) is 14.6 Å². The fraction of sp³-hybridized carbons (Fsp3) is 0.267. The summed E-state index contributed by atoms with van der Waals surface area (Å²) in [5.74, 6) is -2.26. The van der Waals surface area contributed by atoms with Crippen LogP contribution >= 0.6 is 23.4 Å². The molecule has 150 valence electrons. The molecule has 0 bridgehead atoms. The van der Waals surface area contributed by atoms with Gasteiger partial charge in [0.05, 0.1) is 16.3 Å². The Morgan fingerprint density at radius 3 is 2.61 bits per heavy atom. The molecule has 0 saturated heterocycles. The number of hydrogen-bond acceptors (Lipinski definition) is 7. The highest BCUT2D eigenvalue weighted by Crippen LogP contribution is 2.36. The van der Waals surface area contributed by atoms with E-state index in [2.05, 4.69) is 20.5 Å². The van der Waals surface area contributed by atoms with E-state index >= 15 is 0 Å². The van der Waals surface area contributed by atoms with Gasteiger partial charge in [-0.2, -0.15) is 13.2 Å². The number of alkyl halides is 3. The van der Waals surface area contributed by atoms with Crippen LogP contribution in [-0.2, 0) is 22.2 Å². The third-order valence-electron chi connectivity index (χ3n) is 3.21. The van der Waals surface area contributed by atoms with Crippen LogP contribution in [-0.4, -0.2) is 32.8 Å². The summed E-state index contributed by atoms with van der Waals surface area (Å²) < 4.78 is 38.5. The maximum absolute atomic E-state index is 12.8. The smallest absolute Gasteiger partial charge is 0.417 e. The van der Waals surface area contributed by atoms with E-state index in [1.807, 2.05) is 0 Å². The number of carbonyl (C=O) groups is 2. The normalized spacial score (nSPS) is 11.3. The molecule has 28 heavy (non-hydrogen) atoms. The van der Waals surface area contributed by atoms with E-state index < -0.39 is 40.6 Å². The molecule has 2 rings (SSSR count). The first kappa shape index (κ1) is 21.7. The van der Waals surface area contributed by atoms with Crippen LogP contribution in [0.1, 0.15) is 17.7 Å². The summed E-state index contributed by atoms with van der Waals surface area (Å²) in [6.45, 7) is 0. The summed E-state index contributed by atoms with van der Waals surface area (Å²) in [7, 11) is 0. The summed E-state index contributed by atoms with van der Waals surface area (Å²) in [4.78, 5) is 36.4. The number of nitrogens with zero attached hydrogens (tertiary/aromatic N) is 2. The molecule has 1 amide bonds. The molecule has 1 aromatic carbocycles. The van der Waals surface area contributed by atoms with Crippen molar-refractivity contribution in [3.05, 3.63) is 44.8 Å². The molecule has 2 N–H and O–H groups in total. The highest BCUT2D eigenvalue weighted by Gasteiger charge is 2.33.